The molecule has 1 aromatic rings. The highest BCUT2D eigenvalue weighted by Crippen LogP contribution is 2.28. The molecule has 0 spiro atoms. The Bertz CT molecular complexity index is 608. The van der Waals surface area contributed by atoms with Crippen molar-refractivity contribution in [3.8, 4) is 0 Å². The van der Waals surface area contributed by atoms with E-state index in [1.165, 1.54) is 16.8 Å². The molecule has 0 saturated heterocycles. The highest BCUT2D eigenvalue weighted by atomic mass is 16.5. The minimum absolute atomic E-state index is 0.00556. The number of anilines is 1. The Hall–Kier alpha value is -2.48. The molecule has 0 aromatic carbocycles. The van der Waals surface area contributed by atoms with E-state index < -0.39 is 11.7 Å². The van der Waals surface area contributed by atoms with Crippen molar-refractivity contribution < 1.29 is 19.4 Å². The molecule has 114 valence electrons. The van der Waals surface area contributed by atoms with Crippen LogP contribution in [0.25, 0.3) is 0 Å². The number of aliphatic hydroxyl groups excluding tert-OH is 1. The standard InChI is InChI=1S/C12H13N3O4.CH4O/c1-3-19-11(17)7(2)13-10-4-5-15(12(18)14-10)8-6-9(8)16;1-2/h4-5,8H,2-3,6H2,1H3,(H,13,14,18);2H,1H3/t8-;/m1./s1. The maximum Gasteiger partial charge on any atom is 0.354 e. The van der Waals surface area contributed by atoms with Gasteiger partial charge in [0.15, 0.2) is 5.78 Å². The van der Waals surface area contributed by atoms with Gasteiger partial charge in [0, 0.05) is 19.7 Å². The predicted molar refractivity (Wildman–Crippen MR) is 74.7 cm³/mol. The molecule has 0 bridgehead atoms. The highest BCUT2D eigenvalue weighted by molar-refractivity contribution is 5.98. The summed E-state index contributed by atoms with van der Waals surface area (Å²) in [6.45, 7) is 5.40. The number of aliphatic hydroxyl groups is 1. The first-order chi connectivity index (χ1) is 10.0. The Kier molecular flexibility index (Phi) is 5.79. The molecule has 0 aliphatic heterocycles. The van der Waals surface area contributed by atoms with Gasteiger partial charge < -0.3 is 15.2 Å². The normalized spacial score (nSPS) is 15.6. The van der Waals surface area contributed by atoms with Crippen molar-refractivity contribution in [1.29, 1.82) is 0 Å². The SMILES string of the molecule is C=C(Nc1ccn([C@@H]2CC2=O)c(=O)n1)C(=O)OCC.CO. The van der Waals surface area contributed by atoms with Crippen LogP contribution in [-0.4, -0.2) is 40.1 Å². The predicted octanol–water partition coefficient (Wildman–Crippen LogP) is -0.146. The Morgan fingerprint density at radius 3 is 2.67 bits per heavy atom. The molecule has 1 heterocycles. The first-order valence-electron chi connectivity index (χ1n) is 6.22. The smallest absolute Gasteiger partial charge is 0.354 e. The van der Waals surface area contributed by atoms with Gasteiger partial charge in [0.25, 0.3) is 0 Å². The van der Waals surface area contributed by atoms with Crippen LogP contribution in [0.2, 0.25) is 0 Å². The van der Waals surface area contributed by atoms with Crippen LogP contribution in [0.1, 0.15) is 19.4 Å². The molecule has 8 nitrogen and oxygen atoms in total. The second kappa shape index (κ2) is 7.34. The van der Waals surface area contributed by atoms with Gasteiger partial charge >= 0.3 is 11.7 Å². The van der Waals surface area contributed by atoms with Gasteiger partial charge in [0.1, 0.15) is 17.6 Å². The molecular formula is C13H17N3O5. The van der Waals surface area contributed by atoms with Crippen LogP contribution >= 0.6 is 0 Å². The number of nitrogens with one attached hydrogen (secondary N) is 1. The number of rotatable bonds is 5. The number of hydrogen-bond acceptors (Lipinski definition) is 7. The van der Waals surface area contributed by atoms with E-state index in [1.807, 2.05) is 0 Å². The summed E-state index contributed by atoms with van der Waals surface area (Å²) in [4.78, 5) is 37.7. The summed E-state index contributed by atoms with van der Waals surface area (Å²) < 4.78 is 6.00. The van der Waals surface area contributed by atoms with Crippen molar-refractivity contribution in [2.24, 2.45) is 0 Å². The number of ketones is 1. The molecule has 0 amide bonds. The minimum Gasteiger partial charge on any atom is -0.461 e. The Balaban J connectivity index is 0.00000106. The van der Waals surface area contributed by atoms with Crippen LogP contribution in [0.15, 0.2) is 29.3 Å². The molecule has 2 N–H and O–H groups in total. The van der Waals surface area contributed by atoms with Gasteiger partial charge in [-0.25, -0.2) is 9.59 Å². The van der Waals surface area contributed by atoms with Gasteiger partial charge in [0.2, 0.25) is 0 Å². The number of carbonyl (C=O) groups excluding carboxylic acids is 2. The van der Waals surface area contributed by atoms with E-state index in [-0.39, 0.29) is 29.9 Å². The number of hydrogen-bond donors (Lipinski definition) is 2. The lowest BCUT2D eigenvalue weighted by Crippen LogP contribution is -2.24. The van der Waals surface area contributed by atoms with Crippen molar-refractivity contribution in [3.05, 3.63) is 35.0 Å². The molecule has 0 radical (unpaired) electrons. The summed E-state index contributed by atoms with van der Waals surface area (Å²) in [5.74, 6) is -0.404. The molecule has 0 unspecified atom stereocenters. The van der Waals surface area contributed by atoms with Crippen LogP contribution in [0.4, 0.5) is 5.82 Å². The third-order valence-electron chi connectivity index (χ3n) is 2.57. The van der Waals surface area contributed by atoms with Crippen molar-refractivity contribution in [3.63, 3.8) is 0 Å². The Morgan fingerprint density at radius 2 is 2.19 bits per heavy atom. The molecule has 1 aliphatic rings. The number of Topliss-reactive ketones (excluding diaryl/α,β-unsaturated/α-hetero) is 1. The largest absolute Gasteiger partial charge is 0.461 e. The van der Waals surface area contributed by atoms with Gasteiger partial charge in [0.05, 0.1) is 6.61 Å². The van der Waals surface area contributed by atoms with E-state index in [0.717, 1.165) is 7.11 Å². The van der Waals surface area contributed by atoms with Gasteiger partial charge in [-0.3, -0.25) is 9.36 Å². The van der Waals surface area contributed by atoms with E-state index in [4.69, 9.17) is 9.84 Å². The lowest BCUT2D eigenvalue weighted by Gasteiger charge is -2.08. The first kappa shape index (κ1) is 16.6. The molecule has 2 rings (SSSR count). The quantitative estimate of drug-likeness (QED) is 0.574. The van der Waals surface area contributed by atoms with Crippen molar-refractivity contribution >= 4 is 17.6 Å². The third kappa shape index (κ3) is 4.25. The Labute approximate surface area is 121 Å². The maximum absolute atomic E-state index is 11.7. The monoisotopic (exact) mass is 295 g/mol. The van der Waals surface area contributed by atoms with Gasteiger partial charge in [-0.05, 0) is 13.0 Å². The first-order valence-corrected chi connectivity index (χ1v) is 6.22. The topological polar surface area (TPSA) is 111 Å². The number of ether oxygens (including phenoxy) is 1. The van der Waals surface area contributed by atoms with Crippen LogP contribution in [0.3, 0.4) is 0 Å². The molecular weight excluding hydrogens is 278 g/mol. The molecule has 1 fully saturated rings. The zero-order valence-electron chi connectivity index (χ0n) is 11.8. The molecule has 1 aliphatic carbocycles. The lowest BCUT2D eigenvalue weighted by atomic mass is 10.4. The summed E-state index contributed by atoms with van der Waals surface area (Å²) >= 11 is 0. The fourth-order valence-electron chi connectivity index (χ4n) is 1.53. The van der Waals surface area contributed by atoms with Crippen molar-refractivity contribution in [1.82, 2.24) is 9.55 Å². The van der Waals surface area contributed by atoms with E-state index in [0.29, 0.717) is 6.42 Å². The van der Waals surface area contributed by atoms with E-state index in [1.54, 1.807) is 6.92 Å². The average Bonchev–Trinajstić information content (AvgIpc) is 3.18. The van der Waals surface area contributed by atoms with E-state index >= 15 is 0 Å². The van der Waals surface area contributed by atoms with Crippen LogP contribution in [0.5, 0.6) is 0 Å². The summed E-state index contributed by atoms with van der Waals surface area (Å²) in [7, 11) is 1.00. The molecule has 1 saturated carbocycles. The minimum atomic E-state index is -0.606. The molecule has 21 heavy (non-hydrogen) atoms. The lowest BCUT2D eigenvalue weighted by molar-refractivity contribution is -0.138. The zero-order valence-corrected chi connectivity index (χ0v) is 11.8. The van der Waals surface area contributed by atoms with Crippen LogP contribution < -0.4 is 11.0 Å². The maximum atomic E-state index is 11.7. The zero-order chi connectivity index (χ0) is 16.0. The second-order valence-electron chi connectivity index (χ2n) is 4.01. The summed E-state index contributed by atoms with van der Waals surface area (Å²) in [6, 6.07) is 1.11. The van der Waals surface area contributed by atoms with Crippen LogP contribution in [0, 0.1) is 0 Å². The number of nitrogens with zero attached hydrogens (tertiary/aromatic N) is 2. The van der Waals surface area contributed by atoms with Crippen molar-refractivity contribution in [2.45, 2.75) is 19.4 Å². The second-order valence-corrected chi connectivity index (χ2v) is 4.01. The number of carbonyl (C=O) groups is 2. The van der Waals surface area contributed by atoms with Gasteiger partial charge in [-0.2, -0.15) is 4.98 Å². The van der Waals surface area contributed by atoms with Gasteiger partial charge in [-0.15, -0.1) is 0 Å². The summed E-state index contributed by atoms with van der Waals surface area (Å²) in [5.41, 5.74) is -0.550. The fraction of sp³-hybridized carbons (Fsp3) is 0.385. The summed E-state index contributed by atoms with van der Waals surface area (Å²) in [5, 5.41) is 9.59. The number of esters is 1. The van der Waals surface area contributed by atoms with E-state index in [2.05, 4.69) is 16.9 Å². The fourth-order valence-corrected chi connectivity index (χ4v) is 1.53. The molecule has 8 heteroatoms. The number of aromatic nitrogens is 2. The highest BCUT2D eigenvalue weighted by Gasteiger charge is 2.37. The molecule has 1 aromatic heterocycles. The molecule has 1 atom stereocenters. The van der Waals surface area contributed by atoms with Gasteiger partial charge in [-0.1, -0.05) is 6.58 Å². The summed E-state index contributed by atoms with van der Waals surface area (Å²) in [6.07, 6.45) is 1.83. The van der Waals surface area contributed by atoms with Crippen molar-refractivity contribution in [2.75, 3.05) is 19.0 Å². The third-order valence-corrected chi connectivity index (χ3v) is 2.57. The van der Waals surface area contributed by atoms with Crippen LogP contribution in [-0.2, 0) is 14.3 Å². The van der Waals surface area contributed by atoms with E-state index in [9.17, 15) is 14.4 Å². The average molecular weight is 295 g/mol. The Morgan fingerprint density at radius 1 is 1.57 bits per heavy atom.